The molecule has 0 bridgehead atoms. The van der Waals surface area contributed by atoms with Crippen LogP contribution in [0.1, 0.15) is 38.2 Å². The van der Waals surface area contributed by atoms with Gasteiger partial charge in [0.1, 0.15) is 0 Å². The highest BCUT2D eigenvalue weighted by Gasteiger charge is 2.37. The first-order valence-electron chi connectivity index (χ1n) is 6.13. The van der Waals surface area contributed by atoms with Crippen molar-refractivity contribution in [3.8, 4) is 0 Å². The summed E-state index contributed by atoms with van der Waals surface area (Å²) in [4.78, 5) is 0. The Bertz CT molecular complexity index is 326. The van der Waals surface area contributed by atoms with Gasteiger partial charge in [0, 0.05) is 17.5 Å². The second-order valence-corrected chi connectivity index (χ2v) is 5.55. The lowest BCUT2D eigenvalue weighted by Gasteiger charge is -2.18. The van der Waals surface area contributed by atoms with Crippen LogP contribution in [0, 0.1) is 0 Å². The van der Waals surface area contributed by atoms with Crippen molar-refractivity contribution in [1.29, 1.82) is 0 Å². The molecular formula is C14H22N2. The number of hydrogen-bond acceptors (Lipinski definition) is 2. The van der Waals surface area contributed by atoms with Crippen molar-refractivity contribution in [3.63, 3.8) is 0 Å². The van der Waals surface area contributed by atoms with Gasteiger partial charge in [-0.2, -0.15) is 0 Å². The average Bonchev–Trinajstić information content (AvgIpc) is 2.97. The number of benzene rings is 1. The first kappa shape index (κ1) is 11.6. The summed E-state index contributed by atoms with van der Waals surface area (Å²) >= 11 is 0. The molecule has 0 spiro atoms. The highest BCUT2D eigenvalue weighted by molar-refractivity contribution is 5.27. The monoisotopic (exact) mass is 218 g/mol. The number of rotatable bonds is 5. The van der Waals surface area contributed by atoms with Crippen molar-refractivity contribution >= 4 is 0 Å². The topological polar surface area (TPSA) is 38.0 Å². The molecule has 0 amide bonds. The molecular weight excluding hydrogens is 196 g/mol. The van der Waals surface area contributed by atoms with E-state index in [4.69, 9.17) is 5.73 Å². The van der Waals surface area contributed by atoms with Crippen LogP contribution in [0.25, 0.3) is 0 Å². The lowest BCUT2D eigenvalue weighted by molar-refractivity contribution is 0.453. The minimum absolute atomic E-state index is 0.0515. The van der Waals surface area contributed by atoms with Gasteiger partial charge in [0.25, 0.3) is 0 Å². The summed E-state index contributed by atoms with van der Waals surface area (Å²) in [7, 11) is 0. The summed E-state index contributed by atoms with van der Waals surface area (Å²) < 4.78 is 0. The van der Waals surface area contributed by atoms with E-state index in [1.54, 1.807) is 0 Å². The zero-order chi connectivity index (χ0) is 11.6. The lowest BCUT2D eigenvalue weighted by Crippen LogP contribution is -2.36. The highest BCUT2D eigenvalue weighted by atomic mass is 15.0. The van der Waals surface area contributed by atoms with Crippen molar-refractivity contribution < 1.29 is 0 Å². The summed E-state index contributed by atoms with van der Waals surface area (Å²) in [6.07, 6.45) is 2.31. The summed E-state index contributed by atoms with van der Waals surface area (Å²) in [5.74, 6) is 0.724. The Labute approximate surface area is 98.2 Å². The fourth-order valence-electron chi connectivity index (χ4n) is 2.07. The molecule has 2 atom stereocenters. The highest BCUT2D eigenvalue weighted by Crippen LogP contribution is 2.40. The van der Waals surface area contributed by atoms with Gasteiger partial charge in [0.15, 0.2) is 0 Å². The van der Waals surface area contributed by atoms with E-state index in [0.29, 0.717) is 6.04 Å². The Morgan fingerprint density at radius 3 is 2.62 bits per heavy atom. The molecule has 0 aliphatic heterocycles. The van der Waals surface area contributed by atoms with Gasteiger partial charge < -0.3 is 11.1 Å². The molecule has 0 saturated heterocycles. The minimum Gasteiger partial charge on any atom is -0.326 e. The molecule has 1 aromatic carbocycles. The fourth-order valence-corrected chi connectivity index (χ4v) is 2.07. The molecule has 1 aliphatic carbocycles. The van der Waals surface area contributed by atoms with Gasteiger partial charge in [-0.25, -0.2) is 0 Å². The molecule has 2 unspecified atom stereocenters. The summed E-state index contributed by atoms with van der Waals surface area (Å²) in [5, 5.41) is 3.58. The molecule has 1 aromatic rings. The van der Waals surface area contributed by atoms with Gasteiger partial charge in [-0.3, -0.25) is 0 Å². The van der Waals surface area contributed by atoms with E-state index in [9.17, 15) is 0 Å². The minimum atomic E-state index is -0.0515. The van der Waals surface area contributed by atoms with E-state index in [0.717, 1.165) is 18.9 Å². The third-order valence-corrected chi connectivity index (χ3v) is 3.19. The molecule has 2 nitrogen and oxygen atoms in total. The predicted octanol–water partition coefficient (Wildman–Crippen LogP) is 2.26. The number of nitrogens with one attached hydrogen (secondary N) is 1. The quantitative estimate of drug-likeness (QED) is 0.795. The molecule has 0 heterocycles. The number of nitrogens with two attached hydrogens (primary N) is 1. The zero-order valence-corrected chi connectivity index (χ0v) is 10.2. The normalized spacial score (nSPS) is 24.4. The predicted molar refractivity (Wildman–Crippen MR) is 68.5 cm³/mol. The van der Waals surface area contributed by atoms with E-state index >= 15 is 0 Å². The lowest BCUT2D eigenvalue weighted by atomic mass is 10.0. The van der Waals surface area contributed by atoms with Gasteiger partial charge in [-0.05, 0) is 38.8 Å². The Morgan fingerprint density at radius 1 is 1.31 bits per heavy atom. The van der Waals surface area contributed by atoms with Gasteiger partial charge in [-0.1, -0.05) is 30.3 Å². The Balaban J connectivity index is 1.72. The van der Waals surface area contributed by atoms with Crippen LogP contribution in [0.3, 0.4) is 0 Å². The molecule has 2 rings (SSSR count). The molecule has 1 aliphatic rings. The Kier molecular flexibility index (Phi) is 3.31. The second kappa shape index (κ2) is 4.56. The zero-order valence-electron chi connectivity index (χ0n) is 10.2. The SMILES string of the molecule is CC(C)(N)CCNC1CC1c1ccccc1. The number of hydrogen-bond donors (Lipinski definition) is 2. The van der Waals surface area contributed by atoms with Crippen molar-refractivity contribution in [2.24, 2.45) is 5.73 Å². The smallest absolute Gasteiger partial charge is 0.0143 e. The van der Waals surface area contributed by atoms with Crippen LogP contribution in [-0.2, 0) is 0 Å². The maximum Gasteiger partial charge on any atom is 0.0143 e. The van der Waals surface area contributed by atoms with Gasteiger partial charge >= 0.3 is 0 Å². The van der Waals surface area contributed by atoms with E-state index in [2.05, 4.69) is 49.5 Å². The average molecular weight is 218 g/mol. The van der Waals surface area contributed by atoms with E-state index in [1.807, 2.05) is 0 Å². The van der Waals surface area contributed by atoms with Crippen LogP contribution in [-0.4, -0.2) is 18.1 Å². The Morgan fingerprint density at radius 2 is 2.00 bits per heavy atom. The van der Waals surface area contributed by atoms with Crippen LogP contribution in [0.5, 0.6) is 0 Å². The molecule has 1 saturated carbocycles. The van der Waals surface area contributed by atoms with Gasteiger partial charge in [0.05, 0.1) is 0 Å². The van der Waals surface area contributed by atoms with Crippen molar-refractivity contribution in [2.45, 2.75) is 44.2 Å². The van der Waals surface area contributed by atoms with Crippen molar-refractivity contribution in [1.82, 2.24) is 5.32 Å². The molecule has 88 valence electrons. The van der Waals surface area contributed by atoms with Crippen molar-refractivity contribution in [2.75, 3.05) is 6.54 Å². The molecule has 0 aromatic heterocycles. The van der Waals surface area contributed by atoms with Crippen LogP contribution in [0.2, 0.25) is 0 Å². The summed E-state index contributed by atoms with van der Waals surface area (Å²) in [6, 6.07) is 11.4. The van der Waals surface area contributed by atoms with Crippen molar-refractivity contribution in [3.05, 3.63) is 35.9 Å². The first-order chi connectivity index (χ1) is 7.56. The van der Waals surface area contributed by atoms with E-state index in [-0.39, 0.29) is 5.54 Å². The largest absolute Gasteiger partial charge is 0.326 e. The Hall–Kier alpha value is -0.860. The molecule has 2 heteroatoms. The third-order valence-electron chi connectivity index (χ3n) is 3.19. The molecule has 3 N–H and O–H groups in total. The van der Waals surface area contributed by atoms with Gasteiger partial charge in [0.2, 0.25) is 0 Å². The second-order valence-electron chi connectivity index (χ2n) is 5.55. The molecule has 0 radical (unpaired) electrons. The summed E-state index contributed by atoms with van der Waals surface area (Å²) in [6.45, 7) is 5.18. The van der Waals surface area contributed by atoms with Crippen LogP contribution in [0.15, 0.2) is 30.3 Å². The summed E-state index contributed by atoms with van der Waals surface area (Å²) in [5.41, 5.74) is 7.36. The molecule has 1 fully saturated rings. The standard InChI is InChI=1S/C14H22N2/c1-14(2,15)8-9-16-13-10-12(13)11-6-4-3-5-7-11/h3-7,12-13,16H,8-10,15H2,1-2H3. The molecule has 16 heavy (non-hydrogen) atoms. The fraction of sp³-hybridized carbons (Fsp3) is 0.571. The maximum atomic E-state index is 5.95. The van der Waals surface area contributed by atoms with E-state index in [1.165, 1.54) is 12.0 Å². The maximum absolute atomic E-state index is 5.95. The van der Waals surface area contributed by atoms with Gasteiger partial charge in [-0.15, -0.1) is 0 Å². The van der Waals surface area contributed by atoms with Crippen LogP contribution < -0.4 is 11.1 Å². The van der Waals surface area contributed by atoms with Crippen LogP contribution in [0.4, 0.5) is 0 Å². The van der Waals surface area contributed by atoms with E-state index < -0.39 is 0 Å². The third kappa shape index (κ3) is 3.32. The van der Waals surface area contributed by atoms with Crippen LogP contribution >= 0.6 is 0 Å². The first-order valence-corrected chi connectivity index (χ1v) is 6.13.